The van der Waals surface area contributed by atoms with E-state index in [-0.39, 0.29) is 17.9 Å². The SMILES string of the molecule is C=CC(=O)N1CCN(C(C)=O)C[C@H]1c1cc(Cl)cc(C2CCOCC2)c1. The second kappa shape index (κ2) is 8.23. The summed E-state index contributed by atoms with van der Waals surface area (Å²) in [4.78, 5) is 27.8. The molecule has 0 unspecified atom stereocenters. The highest BCUT2D eigenvalue weighted by Crippen LogP contribution is 2.34. The van der Waals surface area contributed by atoms with Gasteiger partial charge in [0.1, 0.15) is 0 Å². The zero-order valence-electron chi connectivity index (χ0n) is 15.1. The number of halogens is 1. The number of carbonyl (C=O) groups is 2. The highest BCUT2D eigenvalue weighted by atomic mass is 35.5. The standard InChI is InChI=1S/C20H25ClN2O3/c1-3-20(25)23-7-6-22(14(2)24)13-19(23)17-10-16(11-18(21)12-17)15-4-8-26-9-5-15/h3,10-12,15,19H,1,4-9,13H2,2H3/t19-/m0/s1. The third-order valence-corrected chi connectivity index (χ3v) is 5.52. The fourth-order valence-electron chi connectivity index (χ4n) is 3.83. The van der Waals surface area contributed by atoms with Crippen LogP contribution in [-0.4, -0.2) is 54.5 Å². The van der Waals surface area contributed by atoms with E-state index in [9.17, 15) is 9.59 Å². The van der Waals surface area contributed by atoms with Crippen molar-refractivity contribution in [1.82, 2.24) is 9.80 Å². The summed E-state index contributed by atoms with van der Waals surface area (Å²) in [5.74, 6) is 0.315. The third-order valence-electron chi connectivity index (χ3n) is 5.30. The van der Waals surface area contributed by atoms with Gasteiger partial charge in [-0.1, -0.05) is 24.2 Å². The van der Waals surface area contributed by atoms with E-state index in [0.717, 1.165) is 31.6 Å². The van der Waals surface area contributed by atoms with Gasteiger partial charge in [-0.3, -0.25) is 9.59 Å². The van der Waals surface area contributed by atoms with Crippen molar-refractivity contribution in [1.29, 1.82) is 0 Å². The molecule has 140 valence electrons. The molecule has 5 nitrogen and oxygen atoms in total. The predicted molar refractivity (Wildman–Crippen MR) is 101 cm³/mol. The van der Waals surface area contributed by atoms with E-state index in [1.54, 1.807) is 16.7 Å². The molecule has 0 spiro atoms. The molecule has 0 saturated carbocycles. The molecule has 2 fully saturated rings. The number of hydrogen-bond acceptors (Lipinski definition) is 3. The Labute approximate surface area is 159 Å². The van der Waals surface area contributed by atoms with Crippen LogP contribution in [-0.2, 0) is 14.3 Å². The van der Waals surface area contributed by atoms with Crippen LogP contribution in [0, 0.1) is 0 Å². The Bertz CT molecular complexity index is 700. The van der Waals surface area contributed by atoms with E-state index in [0.29, 0.717) is 30.6 Å². The molecule has 0 radical (unpaired) electrons. The molecule has 2 heterocycles. The molecular weight excluding hydrogens is 352 g/mol. The first-order chi connectivity index (χ1) is 12.5. The van der Waals surface area contributed by atoms with Gasteiger partial charge in [-0.05, 0) is 48.1 Å². The number of piperazine rings is 1. The van der Waals surface area contributed by atoms with Gasteiger partial charge in [0.2, 0.25) is 11.8 Å². The van der Waals surface area contributed by atoms with Crippen molar-refractivity contribution in [2.75, 3.05) is 32.8 Å². The molecule has 2 saturated heterocycles. The molecule has 1 atom stereocenters. The average Bonchev–Trinajstić information content (AvgIpc) is 2.67. The van der Waals surface area contributed by atoms with Crippen molar-refractivity contribution >= 4 is 23.4 Å². The fraction of sp³-hybridized carbons (Fsp3) is 0.500. The normalized spacial score (nSPS) is 21.5. The minimum Gasteiger partial charge on any atom is -0.381 e. The maximum atomic E-state index is 12.4. The Morgan fingerprint density at radius 1 is 1.19 bits per heavy atom. The summed E-state index contributed by atoms with van der Waals surface area (Å²) < 4.78 is 5.46. The van der Waals surface area contributed by atoms with E-state index >= 15 is 0 Å². The highest BCUT2D eigenvalue weighted by Gasteiger charge is 2.32. The van der Waals surface area contributed by atoms with Gasteiger partial charge in [0.25, 0.3) is 0 Å². The van der Waals surface area contributed by atoms with E-state index in [1.807, 2.05) is 12.1 Å². The first kappa shape index (κ1) is 18.9. The van der Waals surface area contributed by atoms with Gasteiger partial charge >= 0.3 is 0 Å². The summed E-state index contributed by atoms with van der Waals surface area (Å²) >= 11 is 6.41. The monoisotopic (exact) mass is 376 g/mol. The van der Waals surface area contributed by atoms with E-state index in [4.69, 9.17) is 16.3 Å². The molecule has 3 rings (SSSR count). The fourth-order valence-corrected chi connectivity index (χ4v) is 4.08. The molecule has 0 bridgehead atoms. The Hall–Kier alpha value is -1.85. The molecule has 0 N–H and O–H groups in total. The van der Waals surface area contributed by atoms with E-state index < -0.39 is 0 Å². The minimum absolute atomic E-state index is 0.0207. The average molecular weight is 377 g/mol. The zero-order chi connectivity index (χ0) is 18.7. The maximum Gasteiger partial charge on any atom is 0.246 e. The third kappa shape index (κ3) is 4.10. The lowest BCUT2D eigenvalue weighted by Crippen LogP contribution is -2.51. The smallest absolute Gasteiger partial charge is 0.246 e. The lowest BCUT2D eigenvalue weighted by Gasteiger charge is -2.41. The van der Waals surface area contributed by atoms with Crippen LogP contribution in [0.1, 0.15) is 42.9 Å². The van der Waals surface area contributed by atoms with Gasteiger partial charge in [-0.25, -0.2) is 0 Å². The number of nitrogens with zero attached hydrogens (tertiary/aromatic N) is 2. The molecular formula is C20H25ClN2O3. The molecule has 6 heteroatoms. The van der Waals surface area contributed by atoms with Gasteiger partial charge in [0.15, 0.2) is 0 Å². The van der Waals surface area contributed by atoms with Gasteiger partial charge in [0.05, 0.1) is 6.04 Å². The number of rotatable bonds is 3. The van der Waals surface area contributed by atoms with Crippen LogP contribution >= 0.6 is 11.6 Å². The predicted octanol–water partition coefficient (Wildman–Crippen LogP) is 3.15. The summed E-state index contributed by atoms with van der Waals surface area (Å²) in [6.45, 7) is 8.21. The number of amides is 2. The minimum atomic E-state index is -0.213. The first-order valence-electron chi connectivity index (χ1n) is 9.06. The molecule has 0 aromatic heterocycles. The van der Waals surface area contributed by atoms with Crippen LogP contribution in [0.2, 0.25) is 5.02 Å². The summed E-state index contributed by atoms with van der Waals surface area (Å²) in [5, 5.41) is 0.662. The Balaban J connectivity index is 1.94. The van der Waals surface area contributed by atoms with Crippen molar-refractivity contribution < 1.29 is 14.3 Å². The van der Waals surface area contributed by atoms with Crippen molar-refractivity contribution in [2.24, 2.45) is 0 Å². The zero-order valence-corrected chi connectivity index (χ0v) is 15.9. The second-order valence-electron chi connectivity index (χ2n) is 6.92. The van der Waals surface area contributed by atoms with Crippen molar-refractivity contribution in [3.63, 3.8) is 0 Å². The molecule has 0 aliphatic carbocycles. The summed E-state index contributed by atoms with van der Waals surface area (Å²) in [6, 6.07) is 5.84. The Morgan fingerprint density at radius 3 is 2.54 bits per heavy atom. The molecule has 2 aliphatic rings. The maximum absolute atomic E-state index is 12.4. The Kier molecular flexibility index (Phi) is 5.99. The van der Waals surface area contributed by atoms with E-state index in [2.05, 4.69) is 12.6 Å². The number of carbonyl (C=O) groups excluding carboxylic acids is 2. The molecule has 2 aliphatic heterocycles. The lowest BCUT2D eigenvalue weighted by molar-refractivity contribution is -0.139. The second-order valence-corrected chi connectivity index (χ2v) is 7.36. The van der Waals surface area contributed by atoms with Crippen LogP contribution in [0.5, 0.6) is 0 Å². The first-order valence-corrected chi connectivity index (χ1v) is 9.44. The largest absolute Gasteiger partial charge is 0.381 e. The molecule has 2 amide bonds. The van der Waals surface area contributed by atoms with Crippen LogP contribution in [0.4, 0.5) is 0 Å². The van der Waals surface area contributed by atoms with Crippen molar-refractivity contribution in [3.8, 4) is 0 Å². The van der Waals surface area contributed by atoms with Gasteiger partial charge < -0.3 is 14.5 Å². The lowest BCUT2D eigenvalue weighted by atomic mass is 9.89. The van der Waals surface area contributed by atoms with Crippen LogP contribution < -0.4 is 0 Å². The number of hydrogen-bond donors (Lipinski definition) is 0. The summed E-state index contributed by atoms with van der Waals surface area (Å²) in [5.41, 5.74) is 2.15. The van der Waals surface area contributed by atoms with E-state index in [1.165, 1.54) is 11.6 Å². The number of ether oxygens (including phenoxy) is 1. The number of benzene rings is 1. The quantitative estimate of drug-likeness (QED) is 0.761. The van der Waals surface area contributed by atoms with Crippen molar-refractivity contribution in [3.05, 3.63) is 47.0 Å². The summed E-state index contributed by atoms with van der Waals surface area (Å²) in [6.07, 6.45) is 3.28. The van der Waals surface area contributed by atoms with Gasteiger partial charge in [0, 0.05) is 44.8 Å². The highest BCUT2D eigenvalue weighted by molar-refractivity contribution is 6.30. The van der Waals surface area contributed by atoms with Crippen LogP contribution in [0.25, 0.3) is 0 Å². The summed E-state index contributed by atoms with van der Waals surface area (Å²) in [7, 11) is 0. The Morgan fingerprint density at radius 2 is 1.88 bits per heavy atom. The van der Waals surface area contributed by atoms with Crippen LogP contribution in [0.15, 0.2) is 30.9 Å². The topological polar surface area (TPSA) is 49.9 Å². The molecule has 1 aromatic rings. The van der Waals surface area contributed by atoms with Crippen molar-refractivity contribution in [2.45, 2.75) is 31.7 Å². The van der Waals surface area contributed by atoms with Gasteiger partial charge in [-0.15, -0.1) is 0 Å². The van der Waals surface area contributed by atoms with Crippen LogP contribution in [0.3, 0.4) is 0 Å². The van der Waals surface area contributed by atoms with Gasteiger partial charge in [-0.2, -0.15) is 0 Å². The molecule has 1 aromatic carbocycles. The molecule has 26 heavy (non-hydrogen) atoms.